The van der Waals surface area contributed by atoms with E-state index in [2.05, 4.69) is 5.32 Å². The summed E-state index contributed by atoms with van der Waals surface area (Å²) in [5.74, 6) is 0.938. The van der Waals surface area contributed by atoms with E-state index >= 15 is 0 Å². The van der Waals surface area contributed by atoms with E-state index in [9.17, 15) is 14.9 Å². The van der Waals surface area contributed by atoms with Crippen LogP contribution in [0.25, 0.3) is 0 Å². The normalized spacial score (nSPS) is 16.2. The van der Waals surface area contributed by atoms with Crippen molar-refractivity contribution in [2.24, 2.45) is 0 Å². The highest BCUT2D eigenvalue weighted by Crippen LogP contribution is 2.32. The number of nitriles is 1. The number of carbonyl (C=O) groups is 2. The van der Waals surface area contributed by atoms with Crippen LogP contribution in [0.3, 0.4) is 0 Å². The SMILES string of the molecule is CC(=O)N1CCN(/C=C(/C#N)C(=O)NCc2ccc3c(c2)OCO3)CC1. The van der Waals surface area contributed by atoms with Gasteiger partial charge in [0.25, 0.3) is 5.91 Å². The second-order valence-corrected chi connectivity index (χ2v) is 6.07. The molecule has 0 unspecified atom stereocenters. The molecule has 0 bridgehead atoms. The number of fused-ring (bicyclic) bond motifs is 1. The van der Waals surface area contributed by atoms with Crippen LogP contribution in [-0.2, 0) is 16.1 Å². The largest absolute Gasteiger partial charge is 0.454 e. The Balaban J connectivity index is 1.55. The minimum absolute atomic E-state index is 0.0376. The number of nitrogens with zero attached hydrogens (tertiary/aromatic N) is 3. The second kappa shape index (κ2) is 7.78. The van der Waals surface area contributed by atoms with Crippen molar-refractivity contribution < 1.29 is 19.1 Å². The molecular formula is C18H20N4O4. The molecule has 1 aromatic carbocycles. The fourth-order valence-electron chi connectivity index (χ4n) is 2.82. The Labute approximate surface area is 151 Å². The number of hydrogen-bond acceptors (Lipinski definition) is 6. The molecule has 0 atom stereocenters. The molecule has 0 saturated carbocycles. The first-order valence-corrected chi connectivity index (χ1v) is 8.35. The molecule has 2 aliphatic rings. The van der Waals surface area contributed by atoms with Gasteiger partial charge in [-0.25, -0.2) is 0 Å². The summed E-state index contributed by atoms with van der Waals surface area (Å²) >= 11 is 0. The van der Waals surface area contributed by atoms with Crippen molar-refractivity contribution in [3.63, 3.8) is 0 Å². The lowest BCUT2D eigenvalue weighted by atomic mass is 10.2. The van der Waals surface area contributed by atoms with Crippen LogP contribution in [0.1, 0.15) is 12.5 Å². The maximum absolute atomic E-state index is 12.3. The van der Waals surface area contributed by atoms with E-state index in [-0.39, 0.29) is 24.8 Å². The molecule has 8 heteroatoms. The number of benzene rings is 1. The summed E-state index contributed by atoms with van der Waals surface area (Å²) in [4.78, 5) is 27.3. The summed E-state index contributed by atoms with van der Waals surface area (Å²) in [5.41, 5.74) is 0.900. The van der Waals surface area contributed by atoms with Crippen LogP contribution in [-0.4, -0.2) is 54.6 Å². The predicted molar refractivity (Wildman–Crippen MR) is 91.9 cm³/mol. The molecule has 0 aromatic heterocycles. The van der Waals surface area contributed by atoms with E-state index < -0.39 is 5.91 Å². The first-order chi connectivity index (χ1) is 12.6. The van der Waals surface area contributed by atoms with Crippen molar-refractivity contribution >= 4 is 11.8 Å². The van der Waals surface area contributed by atoms with Crippen molar-refractivity contribution in [3.05, 3.63) is 35.5 Å². The lowest BCUT2D eigenvalue weighted by Crippen LogP contribution is -2.46. The van der Waals surface area contributed by atoms with Crippen LogP contribution in [0.5, 0.6) is 11.5 Å². The van der Waals surface area contributed by atoms with Crippen LogP contribution in [0.15, 0.2) is 30.0 Å². The third kappa shape index (κ3) is 4.06. The Hall–Kier alpha value is -3.21. The molecule has 1 fully saturated rings. The summed E-state index contributed by atoms with van der Waals surface area (Å²) in [6, 6.07) is 7.38. The van der Waals surface area contributed by atoms with Gasteiger partial charge in [0.05, 0.1) is 0 Å². The van der Waals surface area contributed by atoms with Crippen molar-refractivity contribution in [2.45, 2.75) is 13.5 Å². The maximum atomic E-state index is 12.3. The van der Waals surface area contributed by atoms with Gasteiger partial charge in [-0.1, -0.05) is 6.07 Å². The van der Waals surface area contributed by atoms with Crippen LogP contribution < -0.4 is 14.8 Å². The number of amides is 2. The fraction of sp³-hybridized carbons (Fsp3) is 0.389. The van der Waals surface area contributed by atoms with Gasteiger partial charge in [0.2, 0.25) is 12.7 Å². The van der Waals surface area contributed by atoms with Gasteiger partial charge in [-0.05, 0) is 17.7 Å². The monoisotopic (exact) mass is 356 g/mol. The number of ether oxygens (including phenoxy) is 2. The molecule has 2 aliphatic heterocycles. The zero-order chi connectivity index (χ0) is 18.5. The predicted octanol–water partition coefficient (Wildman–Crippen LogP) is 0.603. The van der Waals surface area contributed by atoms with Crippen molar-refractivity contribution in [3.8, 4) is 17.6 Å². The van der Waals surface area contributed by atoms with E-state index in [0.717, 1.165) is 5.56 Å². The highest BCUT2D eigenvalue weighted by molar-refractivity contribution is 5.97. The molecule has 3 rings (SSSR count). The van der Waals surface area contributed by atoms with Crippen LogP contribution in [0.4, 0.5) is 0 Å². The molecule has 136 valence electrons. The van der Waals surface area contributed by atoms with Gasteiger partial charge in [0.15, 0.2) is 11.5 Å². The molecule has 1 saturated heterocycles. The lowest BCUT2D eigenvalue weighted by molar-refractivity contribution is -0.130. The summed E-state index contributed by atoms with van der Waals surface area (Å²) in [7, 11) is 0. The van der Waals surface area contributed by atoms with Gasteiger partial charge in [-0.3, -0.25) is 9.59 Å². The number of nitrogens with one attached hydrogen (secondary N) is 1. The van der Waals surface area contributed by atoms with E-state index in [1.54, 1.807) is 23.2 Å². The van der Waals surface area contributed by atoms with Crippen molar-refractivity contribution in [1.29, 1.82) is 5.26 Å². The number of carbonyl (C=O) groups excluding carboxylic acids is 2. The molecule has 0 spiro atoms. The Bertz CT molecular complexity index is 776. The standard InChI is InChI=1S/C18H20N4O4/c1-13(23)22-6-4-21(5-7-22)11-15(9-19)18(24)20-10-14-2-3-16-17(8-14)26-12-25-16/h2-3,8,11H,4-7,10,12H2,1H3,(H,20,24)/b15-11-. The Kier molecular flexibility index (Phi) is 5.27. The zero-order valence-corrected chi connectivity index (χ0v) is 14.5. The first-order valence-electron chi connectivity index (χ1n) is 8.35. The fourth-order valence-corrected chi connectivity index (χ4v) is 2.82. The molecule has 8 nitrogen and oxygen atoms in total. The van der Waals surface area contributed by atoms with Crippen molar-refractivity contribution in [1.82, 2.24) is 15.1 Å². The lowest BCUT2D eigenvalue weighted by Gasteiger charge is -2.33. The molecule has 26 heavy (non-hydrogen) atoms. The first kappa shape index (κ1) is 17.6. The minimum Gasteiger partial charge on any atom is -0.454 e. The van der Waals surface area contributed by atoms with Crippen molar-refractivity contribution in [2.75, 3.05) is 33.0 Å². The van der Waals surface area contributed by atoms with Gasteiger partial charge < -0.3 is 24.6 Å². The Morgan fingerprint density at radius 2 is 1.96 bits per heavy atom. The van der Waals surface area contributed by atoms with E-state index in [1.807, 2.05) is 17.0 Å². The minimum atomic E-state index is -0.431. The molecule has 2 amide bonds. The smallest absolute Gasteiger partial charge is 0.263 e. The summed E-state index contributed by atoms with van der Waals surface area (Å²) < 4.78 is 10.6. The Morgan fingerprint density at radius 1 is 1.23 bits per heavy atom. The molecule has 0 aliphatic carbocycles. The van der Waals surface area contributed by atoms with Gasteiger partial charge in [0.1, 0.15) is 11.6 Å². The number of piperazine rings is 1. The highest BCUT2D eigenvalue weighted by atomic mass is 16.7. The summed E-state index contributed by atoms with van der Waals surface area (Å²) in [5, 5.41) is 12.0. The summed E-state index contributed by atoms with van der Waals surface area (Å²) in [6.07, 6.45) is 1.56. The second-order valence-electron chi connectivity index (χ2n) is 6.07. The molecule has 2 heterocycles. The topological polar surface area (TPSA) is 94.9 Å². The average Bonchev–Trinajstić information content (AvgIpc) is 3.12. The molecule has 1 N–H and O–H groups in total. The molecule has 0 radical (unpaired) electrons. The third-order valence-corrected chi connectivity index (χ3v) is 4.33. The van der Waals surface area contributed by atoms with Crippen LogP contribution in [0.2, 0.25) is 0 Å². The average molecular weight is 356 g/mol. The van der Waals surface area contributed by atoms with Crippen LogP contribution >= 0.6 is 0 Å². The summed E-state index contributed by atoms with van der Waals surface area (Å²) in [6.45, 7) is 4.39. The highest BCUT2D eigenvalue weighted by Gasteiger charge is 2.19. The van der Waals surface area contributed by atoms with Gasteiger partial charge in [-0.15, -0.1) is 0 Å². The number of hydrogen-bond donors (Lipinski definition) is 1. The van der Waals surface area contributed by atoms with E-state index in [4.69, 9.17) is 9.47 Å². The van der Waals surface area contributed by atoms with E-state index in [0.29, 0.717) is 37.7 Å². The molecular weight excluding hydrogens is 336 g/mol. The Morgan fingerprint density at radius 3 is 2.65 bits per heavy atom. The van der Waals surface area contributed by atoms with Gasteiger partial charge >= 0.3 is 0 Å². The van der Waals surface area contributed by atoms with Gasteiger partial charge in [0, 0.05) is 45.8 Å². The van der Waals surface area contributed by atoms with Gasteiger partial charge in [-0.2, -0.15) is 5.26 Å². The van der Waals surface area contributed by atoms with E-state index in [1.165, 1.54) is 6.92 Å². The quantitative estimate of drug-likeness (QED) is 0.627. The number of rotatable bonds is 4. The third-order valence-electron chi connectivity index (χ3n) is 4.33. The zero-order valence-electron chi connectivity index (χ0n) is 14.5. The maximum Gasteiger partial charge on any atom is 0.263 e. The van der Waals surface area contributed by atoms with Crippen LogP contribution in [0, 0.1) is 11.3 Å². The molecule has 1 aromatic rings.